The molecule has 0 aliphatic carbocycles. The van der Waals surface area contributed by atoms with Crippen molar-refractivity contribution in [2.45, 2.75) is 6.04 Å². The Kier molecular flexibility index (Phi) is 5.09. The SMILES string of the molecule is COc1ccc([C@H]2[C@@H]3CN(CC=Cc4ccccc4)C[C@@H]3CN2C)cc1. The first-order chi connectivity index (χ1) is 12.7. The highest BCUT2D eigenvalue weighted by Crippen LogP contribution is 2.44. The second kappa shape index (κ2) is 7.65. The molecule has 0 amide bonds. The molecule has 0 radical (unpaired) electrons. The summed E-state index contributed by atoms with van der Waals surface area (Å²) in [6.07, 6.45) is 4.55. The zero-order valence-corrected chi connectivity index (χ0v) is 15.7. The summed E-state index contributed by atoms with van der Waals surface area (Å²) < 4.78 is 5.31. The van der Waals surface area contributed by atoms with E-state index in [-0.39, 0.29) is 0 Å². The van der Waals surface area contributed by atoms with Crippen molar-refractivity contribution in [1.82, 2.24) is 9.80 Å². The Bertz CT molecular complexity index is 741. The predicted molar refractivity (Wildman–Crippen MR) is 107 cm³/mol. The summed E-state index contributed by atoms with van der Waals surface area (Å²) in [5, 5.41) is 0. The molecular formula is C23H28N2O. The van der Waals surface area contributed by atoms with Crippen molar-refractivity contribution in [3.63, 3.8) is 0 Å². The van der Waals surface area contributed by atoms with Crippen LogP contribution in [0.15, 0.2) is 60.7 Å². The van der Waals surface area contributed by atoms with E-state index in [2.05, 4.69) is 83.6 Å². The number of likely N-dealkylation sites (tertiary alicyclic amines) is 2. The number of rotatable bonds is 5. The molecule has 3 nitrogen and oxygen atoms in total. The van der Waals surface area contributed by atoms with E-state index in [1.165, 1.54) is 30.8 Å². The second-order valence-electron chi connectivity index (χ2n) is 7.61. The van der Waals surface area contributed by atoms with Crippen LogP contribution in [0.4, 0.5) is 0 Å². The maximum absolute atomic E-state index is 5.31. The molecule has 2 aliphatic rings. The van der Waals surface area contributed by atoms with Gasteiger partial charge in [0.15, 0.2) is 0 Å². The molecule has 0 saturated carbocycles. The number of benzene rings is 2. The summed E-state index contributed by atoms with van der Waals surface area (Å²) in [6.45, 7) is 4.63. The highest BCUT2D eigenvalue weighted by molar-refractivity contribution is 5.48. The Morgan fingerprint density at radius 3 is 2.50 bits per heavy atom. The van der Waals surface area contributed by atoms with Gasteiger partial charge in [-0.25, -0.2) is 0 Å². The molecule has 2 aromatic carbocycles. The van der Waals surface area contributed by atoms with E-state index in [1.807, 2.05) is 0 Å². The first kappa shape index (κ1) is 17.3. The minimum atomic E-state index is 0.522. The first-order valence-corrected chi connectivity index (χ1v) is 9.53. The number of hydrogen-bond acceptors (Lipinski definition) is 3. The molecular weight excluding hydrogens is 320 g/mol. The molecule has 26 heavy (non-hydrogen) atoms. The topological polar surface area (TPSA) is 15.7 Å². The van der Waals surface area contributed by atoms with Crippen LogP contribution >= 0.6 is 0 Å². The third-order valence-electron chi connectivity index (χ3n) is 5.90. The third-order valence-corrected chi connectivity index (χ3v) is 5.90. The Labute approximate surface area is 156 Å². The van der Waals surface area contributed by atoms with Crippen molar-refractivity contribution >= 4 is 6.08 Å². The van der Waals surface area contributed by atoms with Crippen molar-refractivity contribution in [2.75, 3.05) is 40.3 Å². The fourth-order valence-corrected chi connectivity index (χ4v) is 4.70. The van der Waals surface area contributed by atoms with Gasteiger partial charge in [0.2, 0.25) is 0 Å². The van der Waals surface area contributed by atoms with Crippen LogP contribution in [0.3, 0.4) is 0 Å². The van der Waals surface area contributed by atoms with E-state index in [1.54, 1.807) is 7.11 Å². The fraction of sp³-hybridized carbons (Fsp3) is 0.391. The largest absolute Gasteiger partial charge is 0.497 e. The number of ether oxygens (including phenoxy) is 1. The Hall–Kier alpha value is -2.10. The van der Waals surface area contributed by atoms with Gasteiger partial charge in [0.25, 0.3) is 0 Å². The van der Waals surface area contributed by atoms with Crippen LogP contribution in [0.25, 0.3) is 6.08 Å². The van der Waals surface area contributed by atoms with Crippen LogP contribution in [-0.4, -0.2) is 50.1 Å². The molecule has 0 spiro atoms. The van der Waals surface area contributed by atoms with Gasteiger partial charge in [-0.1, -0.05) is 54.6 Å². The zero-order chi connectivity index (χ0) is 17.9. The maximum atomic E-state index is 5.31. The van der Waals surface area contributed by atoms with Crippen molar-refractivity contribution in [2.24, 2.45) is 11.8 Å². The summed E-state index contributed by atoms with van der Waals surface area (Å²) in [7, 11) is 4.00. The average molecular weight is 348 g/mol. The van der Waals surface area contributed by atoms with Gasteiger partial charge in [-0.2, -0.15) is 0 Å². The molecule has 3 heteroatoms. The molecule has 4 rings (SSSR count). The molecule has 0 bridgehead atoms. The molecule has 0 unspecified atom stereocenters. The zero-order valence-electron chi connectivity index (χ0n) is 15.7. The quantitative estimate of drug-likeness (QED) is 0.814. The van der Waals surface area contributed by atoms with E-state index < -0.39 is 0 Å². The van der Waals surface area contributed by atoms with Crippen LogP contribution in [0.5, 0.6) is 5.75 Å². The average Bonchev–Trinajstić information content (AvgIpc) is 3.18. The van der Waals surface area contributed by atoms with Crippen molar-refractivity contribution in [3.8, 4) is 5.75 Å². The second-order valence-corrected chi connectivity index (χ2v) is 7.61. The Balaban J connectivity index is 1.40. The van der Waals surface area contributed by atoms with Crippen molar-refractivity contribution < 1.29 is 4.74 Å². The minimum absolute atomic E-state index is 0.522. The lowest BCUT2D eigenvalue weighted by Gasteiger charge is -2.26. The smallest absolute Gasteiger partial charge is 0.118 e. The lowest BCUT2D eigenvalue weighted by atomic mass is 9.89. The van der Waals surface area contributed by atoms with E-state index >= 15 is 0 Å². The summed E-state index contributed by atoms with van der Waals surface area (Å²) in [6, 6.07) is 19.7. The van der Waals surface area contributed by atoms with Crippen molar-refractivity contribution in [3.05, 3.63) is 71.8 Å². The number of hydrogen-bond donors (Lipinski definition) is 0. The van der Waals surface area contributed by atoms with E-state index in [0.29, 0.717) is 6.04 Å². The van der Waals surface area contributed by atoms with Gasteiger partial charge in [-0.15, -0.1) is 0 Å². The Morgan fingerprint density at radius 2 is 1.77 bits per heavy atom. The van der Waals surface area contributed by atoms with Crippen LogP contribution in [-0.2, 0) is 0 Å². The van der Waals surface area contributed by atoms with Gasteiger partial charge < -0.3 is 4.74 Å². The molecule has 2 aliphatic heterocycles. The summed E-state index contributed by atoms with van der Waals surface area (Å²) >= 11 is 0. The van der Waals surface area contributed by atoms with Gasteiger partial charge in [-0.05, 0) is 42.1 Å². The lowest BCUT2D eigenvalue weighted by molar-refractivity contribution is 0.237. The maximum Gasteiger partial charge on any atom is 0.118 e. The van der Waals surface area contributed by atoms with E-state index in [9.17, 15) is 0 Å². The molecule has 3 atom stereocenters. The highest BCUT2D eigenvalue weighted by Gasteiger charge is 2.45. The van der Waals surface area contributed by atoms with Gasteiger partial charge in [0.1, 0.15) is 5.75 Å². The first-order valence-electron chi connectivity index (χ1n) is 9.53. The van der Waals surface area contributed by atoms with Crippen molar-refractivity contribution in [1.29, 1.82) is 0 Å². The molecule has 0 N–H and O–H groups in total. The van der Waals surface area contributed by atoms with Crippen LogP contribution in [0, 0.1) is 11.8 Å². The summed E-state index contributed by atoms with van der Waals surface area (Å²) in [5.41, 5.74) is 2.70. The monoisotopic (exact) mass is 348 g/mol. The number of fused-ring (bicyclic) bond motifs is 1. The predicted octanol–water partition coefficient (Wildman–Crippen LogP) is 3.94. The molecule has 2 fully saturated rings. The molecule has 2 heterocycles. The number of nitrogens with zero attached hydrogens (tertiary/aromatic N) is 2. The van der Waals surface area contributed by atoms with Gasteiger partial charge in [-0.3, -0.25) is 9.80 Å². The van der Waals surface area contributed by atoms with Crippen LogP contribution < -0.4 is 4.74 Å². The van der Waals surface area contributed by atoms with Gasteiger partial charge in [0.05, 0.1) is 7.11 Å². The van der Waals surface area contributed by atoms with Gasteiger partial charge in [0, 0.05) is 32.2 Å². The van der Waals surface area contributed by atoms with Crippen LogP contribution in [0.1, 0.15) is 17.2 Å². The molecule has 0 aromatic heterocycles. The number of methoxy groups -OCH3 is 1. The summed E-state index contributed by atoms with van der Waals surface area (Å²) in [4.78, 5) is 5.15. The lowest BCUT2D eigenvalue weighted by Crippen LogP contribution is -2.29. The van der Waals surface area contributed by atoms with Gasteiger partial charge >= 0.3 is 0 Å². The normalized spacial score (nSPS) is 26.5. The minimum Gasteiger partial charge on any atom is -0.497 e. The third kappa shape index (κ3) is 3.55. The molecule has 2 saturated heterocycles. The molecule has 2 aromatic rings. The summed E-state index contributed by atoms with van der Waals surface area (Å²) in [5.74, 6) is 2.43. The van der Waals surface area contributed by atoms with E-state index in [0.717, 1.165) is 24.1 Å². The standard InChI is InChI=1S/C23H28N2O/c1-24-15-20-16-25(14-6-9-18-7-4-3-5-8-18)17-22(20)23(24)19-10-12-21(26-2)13-11-19/h3-13,20,22-23H,14-17H2,1-2H3/t20-,22+,23-/m0/s1. The van der Waals surface area contributed by atoms with E-state index in [4.69, 9.17) is 4.74 Å². The Morgan fingerprint density at radius 1 is 1.00 bits per heavy atom. The van der Waals surface area contributed by atoms with Crippen LogP contribution in [0.2, 0.25) is 0 Å². The molecule has 136 valence electrons. The highest BCUT2D eigenvalue weighted by atomic mass is 16.5. The fourth-order valence-electron chi connectivity index (χ4n) is 4.70.